The zero-order valence-electron chi connectivity index (χ0n) is 24.2. The molecule has 1 aliphatic heterocycles. The maximum Gasteiger partial charge on any atom is 0.573 e. The minimum atomic E-state index is -4.75. The summed E-state index contributed by atoms with van der Waals surface area (Å²) in [5.74, 6) is 0.283. The highest BCUT2D eigenvalue weighted by molar-refractivity contribution is 8.15. The molecule has 5 rings (SSSR count). The number of benzene rings is 3. The number of rotatable bonds is 8. The van der Waals surface area contributed by atoms with Crippen LogP contribution < -0.4 is 15.0 Å². The number of ether oxygens (including phenoxy) is 1. The minimum Gasteiger partial charge on any atom is -0.406 e. The van der Waals surface area contributed by atoms with Crippen molar-refractivity contribution in [3.8, 4) is 22.8 Å². The Balaban J connectivity index is 1.13. The highest BCUT2D eigenvalue weighted by atomic mass is 32.2. The molecule has 1 N–H and O–H groups in total. The van der Waals surface area contributed by atoms with Gasteiger partial charge in [-0.2, -0.15) is 4.99 Å². The maximum atomic E-state index is 12.7. The molecular weight excluding hydrogens is 593 g/mol. The topological polar surface area (TPSA) is 102 Å². The summed E-state index contributed by atoms with van der Waals surface area (Å²) in [5.41, 5.74) is 6.16. The van der Waals surface area contributed by atoms with Gasteiger partial charge in [0.25, 0.3) is 0 Å². The molecule has 0 saturated carbocycles. The van der Waals surface area contributed by atoms with E-state index in [9.17, 15) is 22.8 Å². The Labute approximate surface area is 256 Å². The van der Waals surface area contributed by atoms with Crippen molar-refractivity contribution in [3.05, 3.63) is 89.2 Å². The van der Waals surface area contributed by atoms with Gasteiger partial charge >= 0.3 is 12.4 Å². The van der Waals surface area contributed by atoms with Gasteiger partial charge in [-0.25, -0.2) is 14.5 Å². The van der Waals surface area contributed by atoms with Crippen LogP contribution >= 0.6 is 11.8 Å². The number of urea groups is 1. The van der Waals surface area contributed by atoms with Crippen molar-refractivity contribution in [2.24, 2.45) is 4.99 Å². The van der Waals surface area contributed by atoms with Crippen LogP contribution in [0.3, 0.4) is 0 Å². The molecule has 0 radical (unpaired) electrons. The molecule has 1 saturated heterocycles. The average Bonchev–Trinajstić information content (AvgIpc) is 3.58. The molecule has 44 heavy (non-hydrogen) atoms. The largest absolute Gasteiger partial charge is 0.573 e. The second-order valence-corrected chi connectivity index (χ2v) is 11.2. The molecule has 13 heteroatoms. The first-order valence-electron chi connectivity index (χ1n) is 13.7. The van der Waals surface area contributed by atoms with E-state index in [0.717, 1.165) is 33.5 Å². The van der Waals surface area contributed by atoms with Gasteiger partial charge in [-0.05, 0) is 74.6 Å². The molecule has 3 amide bonds. The number of aryl methyl sites for hydroxylation is 4. The van der Waals surface area contributed by atoms with Gasteiger partial charge in [0.05, 0.1) is 17.1 Å². The van der Waals surface area contributed by atoms with Crippen LogP contribution in [-0.4, -0.2) is 50.5 Å². The quantitative estimate of drug-likeness (QED) is 0.224. The van der Waals surface area contributed by atoms with Crippen LogP contribution in [0.4, 0.5) is 23.7 Å². The summed E-state index contributed by atoms with van der Waals surface area (Å²) in [6, 6.07) is 16.5. The lowest BCUT2D eigenvalue weighted by molar-refractivity contribution is -0.274. The number of nitrogens with zero attached hydrogens (tertiary/aromatic N) is 5. The van der Waals surface area contributed by atoms with Crippen LogP contribution in [0.25, 0.3) is 17.1 Å². The number of carbonyl (C=O) groups is 2. The molecule has 0 spiro atoms. The van der Waals surface area contributed by atoms with Crippen LogP contribution in [0.1, 0.15) is 28.7 Å². The van der Waals surface area contributed by atoms with Crippen LogP contribution in [0.15, 0.2) is 72.0 Å². The molecule has 0 aliphatic carbocycles. The number of amides is 3. The van der Waals surface area contributed by atoms with Crippen LogP contribution in [0.2, 0.25) is 0 Å². The molecule has 0 atom stereocenters. The Bertz CT molecular complexity index is 1680. The molecule has 9 nitrogen and oxygen atoms in total. The molecule has 1 aromatic heterocycles. The number of anilines is 1. The second kappa shape index (κ2) is 12.9. The number of amidine groups is 1. The Kier molecular flexibility index (Phi) is 9.04. The normalized spacial score (nSPS) is 14.4. The number of hydrogen-bond acceptors (Lipinski definition) is 6. The van der Waals surface area contributed by atoms with Crippen LogP contribution in [-0.2, 0) is 11.2 Å². The van der Waals surface area contributed by atoms with Gasteiger partial charge in [0.15, 0.2) is 11.0 Å². The van der Waals surface area contributed by atoms with E-state index in [1.165, 1.54) is 51.9 Å². The van der Waals surface area contributed by atoms with E-state index in [-0.39, 0.29) is 17.4 Å². The number of halogens is 3. The predicted octanol–water partition coefficient (Wildman–Crippen LogP) is 6.54. The lowest BCUT2D eigenvalue weighted by atomic mass is 10.0. The fourth-order valence-corrected chi connectivity index (χ4v) is 5.80. The van der Waals surface area contributed by atoms with E-state index < -0.39 is 12.4 Å². The summed E-state index contributed by atoms with van der Waals surface area (Å²) >= 11 is 1.25. The molecular formula is C31H29F3N6O3S. The second-order valence-electron chi connectivity index (χ2n) is 10.2. The fraction of sp³-hybridized carbons (Fsp3) is 0.258. The van der Waals surface area contributed by atoms with Crippen molar-refractivity contribution in [3.63, 3.8) is 0 Å². The number of alkyl halides is 3. The summed E-state index contributed by atoms with van der Waals surface area (Å²) in [4.78, 5) is 35.3. The fourth-order valence-electron chi connectivity index (χ4n) is 4.94. The number of nitrogens with one attached hydrogen (secondary N) is 1. The SMILES string of the molecule is Cc1cc(C)c(N2C(=O)CS/C2=N\C(=O)NCCCc2ccc(-c3ncn(-c4ccc(OC(F)(F)F)cc4)n3)cc2)c(C)c1. The Morgan fingerprint density at radius 3 is 2.39 bits per heavy atom. The number of aliphatic imine (C=N–C) groups is 1. The maximum absolute atomic E-state index is 12.7. The van der Waals surface area contributed by atoms with Crippen molar-refractivity contribution in [2.75, 3.05) is 17.2 Å². The first-order valence-corrected chi connectivity index (χ1v) is 14.7. The summed E-state index contributed by atoms with van der Waals surface area (Å²) in [5, 5.41) is 7.61. The number of hydrogen-bond donors (Lipinski definition) is 1. The van der Waals surface area contributed by atoms with Crippen molar-refractivity contribution in [2.45, 2.75) is 40.0 Å². The average molecular weight is 623 g/mol. The lowest BCUT2D eigenvalue weighted by Crippen LogP contribution is -2.32. The smallest absolute Gasteiger partial charge is 0.406 e. The van der Waals surface area contributed by atoms with Gasteiger partial charge < -0.3 is 10.1 Å². The third-order valence-electron chi connectivity index (χ3n) is 6.78. The van der Waals surface area contributed by atoms with Crippen molar-refractivity contribution < 1.29 is 27.5 Å². The summed E-state index contributed by atoms with van der Waals surface area (Å²) < 4.78 is 42.5. The highest BCUT2D eigenvalue weighted by Crippen LogP contribution is 2.33. The van der Waals surface area contributed by atoms with Gasteiger partial charge in [0, 0.05) is 12.1 Å². The Morgan fingerprint density at radius 2 is 1.73 bits per heavy atom. The van der Waals surface area contributed by atoms with Crippen LogP contribution in [0.5, 0.6) is 5.75 Å². The summed E-state index contributed by atoms with van der Waals surface area (Å²) in [7, 11) is 0. The van der Waals surface area contributed by atoms with E-state index in [2.05, 4.69) is 25.1 Å². The first-order chi connectivity index (χ1) is 21.0. The standard InChI is InChI=1S/C31H29F3N6O3S/c1-19-15-20(2)27(21(3)16-19)40-26(41)17-44-30(40)37-29(42)35-14-4-5-22-6-8-23(9-7-22)28-36-18-39(38-28)24-10-12-25(13-11-24)43-31(32,33)34/h6-13,15-16,18H,4-5,14,17H2,1-3H3,(H,35,42)/b37-30-. The monoisotopic (exact) mass is 622 g/mol. The van der Waals surface area contributed by atoms with Gasteiger partial charge in [0.2, 0.25) is 5.91 Å². The van der Waals surface area contributed by atoms with E-state index in [1.807, 2.05) is 57.2 Å². The third-order valence-corrected chi connectivity index (χ3v) is 7.70. The number of carbonyl (C=O) groups excluding carboxylic acids is 2. The lowest BCUT2D eigenvalue weighted by Gasteiger charge is -2.21. The summed E-state index contributed by atoms with van der Waals surface area (Å²) in [6.07, 6.45) is -1.87. The van der Waals surface area contributed by atoms with Crippen molar-refractivity contribution in [1.29, 1.82) is 0 Å². The van der Waals surface area contributed by atoms with E-state index in [0.29, 0.717) is 36.1 Å². The van der Waals surface area contributed by atoms with E-state index in [4.69, 9.17) is 0 Å². The molecule has 2 heterocycles. The summed E-state index contributed by atoms with van der Waals surface area (Å²) in [6.45, 7) is 6.31. The molecule has 0 bridgehead atoms. The van der Waals surface area contributed by atoms with Gasteiger partial charge in [0.1, 0.15) is 12.1 Å². The zero-order valence-corrected chi connectivity index (χ0v) is 25.0. The third kappa shape index (κ3) is 7.46. The Hall–Kier alpha value is -4.65. The van der Waals surface area contributed by atoms with Gasteiger partial charge in [-0.15, -0.1) is 18.3 Å². The van der Waals surface area contributed by atoms with E-state index >= 15 is 0 Å². The van der Waals surface area contributed by atoms with Gasteiger partial charge in [-0.1, -0.05) is 53.7 Å². The predicted molar refractivity (Wildman–Crippen MR) is 163 cm³/mol. The molecule has 0 unspecified atom stereocenters. The van der Waals surface area contributed by atoms with E-state index in [1.54, 1.807) is 0 Å². The van der Waals surface area contributed by atoms with Crippen LogP contribution in [0, 0.1) is 20.8 Å². The highest BCUT2D eigenvalue weighted by Gasteiger charge is 2.33. The molecule has 1 fully saturated rings. The Morgan fingerprint density at radius 1 is 1.05 bits per heavy atom. The number of aromatic nitrogens is 3. The molecule has 1 aliphatic rings. The first kappa shape index (κ1) is 30.8. The van der Waals surface area contributed by atoms with Gasteiger partial charge in [-0.3, -0.25) is 9.69 Å². The molecule has 228 valence electrons. The van der Waals surface area contributed by atoms with Crippen molar-refractivity contribution in [1.82, 2.24) is 20.1 Å². The minimum absolute atomic E-state index is 0.101. The van der Waals surface area contributed by atoms with Crippen molar-refractivity contribution >= 4 is 34.6 Å². The number of thioether (sulfide) groups is 1. The molecule has 4 aromatic rings. The zero-order chi connectivity index (χ0) is 31.4. The molecule has 3 aromatic carbocycles.